The fraction of sp³-hybridized carbons (Fsp3) is 0.263. The van der Waals surface area contributed by atoms with E-state index in [-0.39, 0.29) is 6.04 Å². The van der Waals surface area contributed by atoms with Crippen molar-refractivity contribution in [1.29, 1.82) is 0 Å². The van der Waals surface area contributed by atoms with Crippen molar-refractivity contribution in [3.05, 3.63) is 54.6 Å². The molecule has 6 nitrogen and oxygen atoms in total. The summed E-state index contributed by atoms with van der Waals surface area (Å²) in [6, 6.07) is 10.4. The molecule has 4 rings (SSSR count). The Bertz CT molecular complexity index is 1080. The number of pyridine rings is 2. The maximum atomic E-state index is 11.6. The number of anilines is 1. The van der Waals surface area contributed by atoms with E-state index < -0.39 is 10.0 Å². The first-order chi connectivity index (χ1) is 12.4. The van der Waals surface area contributed by atoms with Crippen molar-refractivity contribution >= 4 is 26.5 Å². The zero-order valence-electron chi connectivity index (χ0n) is 14.7. The Morgan fingerprint density at radius 2 is 1.92 bits per heavy atom. The molecule has 0 atom stereocenters. The predicted molar refractivity (Wildman–Crippen MR) is 104 cm³/mol. The number of benzene rings is 1. The molecule has 3 heterocycles. The molecule has 0 amide bonds. The quantitative estimate of drug-likeness (QED) is 0.766. The van der Waals surface area contributed by atoms with Gasteiger partial charge in [0, 0.05) is 48.4 Å². The number of rotatable bonds is 4. The number of nitrogens with one attached hydrogen (secondary N) is 1. The Balaban J connectivity index is 1.69. The predicted octanol–water partition coefficient (Wildman–Crippen LogP) is 2.66. The first kappa shape index (κ1) is 16.9. The monoisotopic (exact) mass is 368 g/mol. The lowest BCUT2D eigenvalue weighted by Gasteiger charge is -2.38. The number of sulfonamides is 1. The summed E-state index contributed by atoms with van der Waals surface area (Å²) < 4.78 is 24.6. The standard InChI is InChI=1S/C19H20N4O2S/c1-13-7-14(4-6-21-13)16-8-15-3-5-20-10-18(15)19(9-16)22-17-11-23(12-17)26(2,24)25/h3-10,17,22H,11-12H2,1-2H3. The fourth-order valence-electron chi connectivity index (χ4n) is 3.23. The Hall–Kier alpha value is -2.51. The van der Waals surface area contributed by atoms with Crippen molar-refractivity contribution in [2.75, 3.05) is 24.7 Å². The van der Waals surface area contributed by atoms with Gasteiger partial charge in [0.1, 0.15) is 0 Å². The van der Waals surface area contributed by atoms with Gasteiger partial charge >= 0.3 is 0 Å². The van der Waals surface area contributed by atoms with E-state index >= 15 is 0 Å². The van der Waals surface area contributed by atoms with Crippen molar-refractivity contribution in [3.63, 3.8) is 0 Å². The number of hydrogen-bond acceptors (Lipinski definition) is 5. The molecule has 0 aliphatic carbocycles. The number of aryl methyl sites for hydroxylation is 1. The number of nitrogens with zero attached hydrogens (tertiary/aromatic N) is 3. The van der Waals surface area contributed by atoms with E-state index in [1.807, 2.05) is 31.5 Å². The third kappa shape index (κ3) is 3.27. The zero-order chi connectivity index (χ0) is 18.3. The Morgan fingerprint density at radius 1 is 1.12 bits per heavy atom. The van der Waals surface area contributed by atoms with Crippen LogP contribution in [0.1, 0.15) is 5.69 Å². The summed E-state index contributed by atoms with van der Waals surface area (Å²) >= 11 is 0. The van der Waals surface area contributed by atoms with E-state index in [1.165, 1.54) is 10.6 Å². The van der Waals surface area contributed by atoms with E-state index in [4.69, 9.17) is 0 Å². The molecule has 1 N–H and O–H groups in total. The number of hydrogen-bond donors (Lipinski definition) is 1. The van der Waals surface area contributed by atoms with Crippen LogP contribution in [0, 0.1) is 6.92 Å². The smallest absolute Gasteiger partial charge is 0.211 e. The molecule has 3 aromatic rings. The first-order valence-corrected chi connectivity index (χ1v) is 10.3. The minimum atomic E-state index is -3.12. The molecule has 26 heavy (non-hydrogen) atoms. The summed E-state index contributed by atoms with van der Waals surface area (Å²) in [7, 11) is -3.12. The van der Waals surface area contributed by atoms with Crippen molar-refractivity contribution in [2.24, 2.45) is 0 Å². The molecule has 2 aromatic heterocycles. The second-order valence-corrected chi connectivity index (χ2v) is 8.71. The van der Waals surface area contributed by atoms with Crippen LogP contribution in [-0.4, -0.2) is 48.1 Å². The van der Waals surface area contributed by atoms with E-state index in [2.05, 4.69) is 33.5 Å². The maximum Gasteiger partial charge on any atom is 0.211 e. The highest BCUT2D eigenvalue weighted by Gasteiger charge is 2.33. The van der Waals surface area contributed by atoms with Gasteiger partial charge in [-0.3, -0.25) is 9.97 Å². The second kappa shape index (κ2) is 6.34. The first-order valence-electron chi connectivity index (χ1n) is 8.42. The zero-order valence-corrected chi connectivity index (χ0v) is 15.5. The normalized spacial score (nSPS) is 15.8. The van der Waals surface area contributed by atoms with Crippen molar-refractivity contribution in [3.8, 4) is 11.1 Å². The molecule has 134 valence electrons. The molecule has 0 bridgehead atoms. The molecule has 0 unspecified atom stereocenters. The van der Waals surface area contributed by atoms with Gasteiger partial charge < -0.3 is 5.32 Å². The molecule has 1 aliphatic rings. The Labute approximate surface area is 152 Å². The van der Waals surface area contributed by atoms with Crippen LogP contribution in [0.2, 0.25) is 0 Å². The largest absolute Gasteiger partial charge is 0.379 e. The van der Waals surface area contributed by atoms with Crippen LogP contribution in [0.3, 0.4) is 0 Å². The van der Waals surface area contributed by atoms with E-state index in [1.54, 1.807) is 6.20 Å². The highest BCUT2D eigenvalue weighted by Crippen LogP contribution is 2.32. The lowest BCUT2D eigenvalue weighted by atomic mass is 10.00. The third-order valence-electron chi connectivity index (χ3n) is 4.66. The Morgan fingerprint density at radius 3 is 2.65 bits per heavy atom. The van der Waals surface area contributed by atoms with Gasteiger partial charge in [0.05, 0.1) is 12.3 Å². The van der Waals surface area contributed by atoms with Crippen LogP contribution in [0.15, 0.2) is 48.9 Å². The molecule has 1 aromatic carbocycles. The van der Waals surface area contributed by atoms with Gasteiger partial charge in [0.25, 0.3) is 0 Å². The van der Waals surface area contributed by atoms with Crippen LogP contribution in [0.4, 0.5) is 5.69 Å². The summed E-state index contributed by atoms with van der Waals surface area (Å²) in [6.07, 6.45) is 6.67. The van der Waals surface area contributed by atoms with Crippen molar-refractivity contribution in [1.82, 2.24) is 14.3 Å². The van der Waals surface area contributed by atoms with Crippen molar-refractivity contribution in [2.45, 2.75) is 13.0 Å². The minimum absolute atomic E-state index is 0.0996. The number of fused-ring (bicyclic) bond motifs is 1. The fourth-order valence-corrected chi connectivity index (χ4v) is 4.13. The van der Waals surface area contributed by atoms with Crippen LogP contribution in [-0.2, 0) is 10.0 Å². The molecule has 1 saturated heterocycles. The van der Waals surface area contributed by atoms with Gasteiger partial charge in [0.15, 0.2) is 0 Å². The summed E-state index contributed by atoms with van der Waals surface area (Å²) in [4.78, 5) is 8.50. The van der Waals surface area contributed by atoms with E-state index in [0.29, 0.717) is 13.1 Å². The lowest BCUT2D eigenvalue weighted by Crippen LogP contribution is -2.56. The molecule has 1 fully saturated rings. The van der Waals surface area contributed by atoms with Crippen LogP contribution in [0.25, 0.3) is 21.9 Å². The van der Waals surface area contributed by atoms with Gasteiger partial charge in [-0.1, -0.05) is 0 Å². The Kier molecular flexibility index (Phi) is 4.13. The summed E-state index contributed by atoms with van der Waals surface area (Å²) in [5.74, 6) is 0. The minimum Gasteiger partial charge on any atom is -0.379 e. The lowest BCUT2D eigenvalue weighted by molar-refractivity contribution is 0.283. The summed E-state index contributed by atoms with van der Waals surface area (Å²) in [5, 5.41) is 5.61. The van der Waals surface area contributed by atoms with Crippen LogP contribution < -0.4 is 5.32 Å². The topological polar surface area (TPSA) is 75.2 Å². The van der Waals surface area contributed by atoms with Gasteiger partial charge in [-0.05, 0) is 53.8 Å². The highest BCUT2D eigenvalue weighted by atomic mass is 32.2. The molecule has 0 spiro atoms. The highest BCUT2D eigenvalue weighted by molar-refractivity contribution is 7.88. The molecule has 1 aliphatic heterocycles. The third-order valence-corrected chi connectivity index (χ3v) is 5.90. The van der Waals surface area contributed by atoms with Gasteiger partial charge in [-0.25, -0.2) is 8.42 Å². The molecular weight excluding hydrogens is 348 g/mol. The second-order valence-electron chi connectivity index (χ2n) is 6.73. The van der Waals surface area contributed by atoms with Gasteiger partial charge in [0.2, 0.25) is 10.0 Å². The van der Waals surface area contributed by atoms with Gasteiger partial charge in [-0.15, -0.1) is 0 Å². The van der Waals surface area contributed by atoms with E-state index in [9.17, 15) is 8.42 Å². The molecular formula is C19H20N4O2S. The van der Waals surface area contributed by atoms with Crippen molar-refractivity contribution < 1.29 is 8.42 Å². The SMILES string of the molecule is Cc1cc(-c2cc(NC3CN(S(C)(=O)=O)C3)c3cnccc3c2)ccn1. The van der Waals surface area contributed by atoms with Gasteiger partial charge in [-0.2, -0.15) is 4.31 Å². The van der Waals surface area contributed by atoms with E-state index in [0.717, 1.165) is 33.3 Å². The van der Waals surface area contributed by atoms with Crippen LogP contribution in [0.5, 0.6) is 0 Å². The summed E-state index contributed by atoms with van der Waals surface area (Å²) in [6.45, 7) is 2.94. The average Bonchev–Trinajstić information content (AvgIpc) is 2.56. The van der Waals surface area contributed by atoms with Crippen LogP contribution >= 0.6 is 0 Å². The maximum absolute atomic E-state index is 11.6. The molecule has 7 heteroatoms. The molecule has 0 radical (unpaired) electrons. The molecule has 0 saturated carbocycles. The average molecular weight is 368 g/mol. The summed E-state index contributed by atoms with van der Waals surface area (Å²) in [5.41, 5.74) is 4.13. The number of aromatic nitrogens is 2.